The molecule has 0 aliphatic rings. The molecule has 6 rings (SSSR count). The van der Waals surface area contributed by atoms with Gasteiger partial charge < -0.3 is 19.3 Å². The van der Waals surface area contributed by atoms with Crippen molar-refractivity contribution in [1.82, 2.24) is 0 Å². The van der Waals surface area contributed by atoms with Crippen LogP contribution in [0.2, 0.25) is 0 Å². The van der Waals surface area contributed by atoms with E-state index in [1.807, 2.05) is 24.3 Å². The molecule has 0 spiro atoms. The van der Waals surface area contributed by atoms with Crippen LogP contribution in [0, 0.1) is 20.8 Å². The van der Waals surface area contributed by atoms with Crippen LogP contribution in [0.4, 0.5) is 34.1 Å². The molecule has 0 aromatic heterocycles. The first kappa shape index (κ1) is 29.6. The van der Waals surface area contributed by atoms with Crippen LogP contribution >= 0.6 is 0 Å². The molecule has 0 saturated heterocycles. The summed E-state index contributed by atoms with van der Waals surface area (Å²) >= 11 is 0. The fourth-order valence-corrected chi connectivity index (χ4v) is 5.76. The van der Waals surface area contributed by atoms with Crippen LogP contribution in [-0.4, -0.2) is 14.2 Å². The van der Waals surface area contributed by atoms with E-state index in [1.165, 1.54) is 27.8 Å². The zero-order valence-electron chi connectivity index (χ0n) is 26.5. The van der Waals surface area contributed by atoms with Crippen LogP contribution in [0.3, 0.4) is 0 Å². The van der Waals surface area contributed by atoms with Gasteiger partial charge in [0.05, 0.1) is 14.2 Å². The van der Waals surface area contributed by atoms with Gasteiger partial charge in [0.1, 0.15) is 11.5 Å². The maximum Gasteiger partial charge on any atom is 0.119 e. The third-order valence-electron chi connectivity index (χ3n) is 8.08. The molecular weight excluding hydrogens is 552 g/mol. The van der Waals surface area contributed by atoms with Gasteiger partial charge in [0.25, 0.3) is 0 Å². The smallest absolute Gasteiger partial charge is 0.119 e. The van der Waals surface area contributed by atoms with E-state index < -0.39 is 0 Å². The van der Waals surface area contributed by atoms with Gasteiger partial charge in [0.2, 0.25) is 0 Å². The number of rotatable bonds is 9. The van der Waals surface area contributed by atoms with Crippen LogP contribution in [0.1, 0.15) is 16.7 Å². The van der Waals surface area contributed by atoms with E-state index in [4.69, 9.17) is 9.47 Å². The number of benzene rings is 6. The molecule has 6 aromatic carbocycles. The average Bonchev–Trinajstić information content (AvgIpc) is 3.07. The summed E-state index contributed by atoms with van der Waals surface area (Å²) in [5, 5.41) is 0. The third kappa shape index (κ3) is 6.41. The minimum absolute atomic E-state index is 0.838. The zero-order chi connectivity index (χ0) is 31.3. The molecule has 0 aliphatic heterocycles. The van der Waals surface area contributed by atoms with E-state index in [-0.39, 0.29) is 0 Å². The number of ether oxygens (including phenoxy) is 2. The molecule has 0 heterocycles. The minimum atomic E-state index is 0.838. The molecule has 0 saturated carbocycles. The normalized spacial score (nSPS) is 10.8. The Hall–Kier alpha value is -5.48. The maximum atomic E-state index is 5.43. The molecule has 45 heavy (non-hydrogen) atoms. The predicted molar refractivity (Wildman–Crippen MR) is 189 cm³/mol. The van der Waals surface area contributed by atoms with Gasteiger partial charge in [-0.3, -0.25) is 0 Å². The molecule has 224 valence electrons. The van der Waals surface area contributed by atoms with Crippen molar-refractivity contribution in [3.63, 3.8) is 0 Å². The number of hydrogen-bond acceptors (Lipinski definition) is 4. The molecular formula is C41H38N2O2. The van der Waals surface area contributed by atoms with Gasteiger partial charge in [-0.15, -0.1) is 0 Å². The zero-order valence-corrected chi connectivity index (χ0v) is 26.5. The monoisotopic (exact) mass is 590 g/mol. The van der Waals surface area contributed by atoms with Crippen molar-refractivity contribution in [1.29, 1.82) is 0 Å². The Balaban J connectivity index is 1.35. The quantitative estimate of drug-likeness (QED) is 0.167. The second-order valence-electron chi connectivity index (χ2n) is 11.3. The first-order valence-corrected chi connectivity index (χ1v) is 15.2. The van der Waals surface area contributed by atoms with Gasteiger partial charge in [-0.25, -0.2) is 0 Å². The highest BCUT2D eigenvalue weighted by molar-refractivity contribution is 5.82. The van der Waals surface area contributed by atoms with Gasteiger partial charge in [-0.05, 0) is 146 Å². The van der Waals surface area contributed by atoms with Crippen LogP contribution in [0.5, 0.6) is 11.5 Å². The van der Waals surface area contributed by atoms with Crippen molar-refractivity contribution in [2.45, 2.75) is 20.8 Å². The molecule has 0 N–H and O–H groups in total. The summed E-state index contributed by atoms with van der Waals surface area (Å²) < 4.78 is 10.8. The van der Waals surface area contributed by atoms with E-state index in [2.05, 4.69) is 146 Å². The number of aryl methyl sites for hydroxylation is 3. The van der Waals surface area contributed by atoms with Gasteiger partial charge in [-0.1, -0.05) is 42.5 Å². The summed E-state index contributed by atoms with van der Waals surface area (Å²) in [7, 11) is 3.39. The SMILES string of the molecule is COc1ccc(N(c2ccc(-c3ccc(N(c4ccc(OC)cc4)c4cccc(C)c4)c(C)c3)cc2)c2cccc(C)c2)cc1. The molecule has 4 nitrogen and oxygen atoms in total. The molecule has 0 radical (unpaired) electrons. The second-order valence-corrected chi connectivity index (χ2v) is 11.3. The Bertz CT molecular complexity index is 1900. The van der Waals surface area contributed by atoms with Crippen molar-refractivity contribution in [2.75, 3.05) is 24.0 Å². The van der Waals surface area contributed by atoms with Crippen LogP contribution in [-0.2, 0) is 0 Å². The highest BCUT2D eigenvalue weighted by Gasteiger charge is 2.17. The largest absolute Gasteiger partial charge is 0.497 e. The summed E-state index contributed by atoms with van der Waals surface area (Å²) in [6.07, 6.45) is 0. The number of hydrogen-bond donors (Lipinski definition) is 0. The number of methoxy groups -OCH3 is 2. The van der Waals surface area contributed by atoms with E-state index in [9.17, 15) is 0 Å². The van der Waals surface area contributed by atoms with Crippen molar-refractivity contribution in [3.05, 3.63) is 156 Å². The standard InChI is InChI=1S/C41H38N2O2/c1-29-8-6-10-37(26-29)42(35-17-21-39(44-4)22-18-35)34-15-12-32(13-16-34)33-14-25-41(31(3)28-33)43(38-11-7-9-30(2)27-38)36-19-23-40(45-5)24-20-36/h6-28H,1-5H3. The van der Waals surface area contributed by atoms with Gasteiger partial charge in [0.15, 0.2) is 0 Å². The highest BCUT2D eigenvalue weighted by atomic mass is 16.5. The molecule has 0 aliphatic carbocycles. The highest BCUT2D eigenvalue weighted by Crippen LogP contribution is 2.40. The summed E-state index contributed by atoms with van der Waals surface area (Å²) in [6, 6.07) is 49.2. The molecule has 0 fully saturated rings. The first-order valence-electron chi connectivity index (χ1n) is 15.2. The van der Waals surface area contributed by atoms with Crippen molar-refractivity contribution >= 4 is 34.1 Å². The summed E-state index contributed by atoms with van der Waals surface area (Å²) in [6.45, 7) is 6.44. The predicted octanol–water partition coefficient (Wildman–Crippen LogP) is 11.2. The molecule has 0 unspecified atom stereocenters. The maximum absolute atomic E-state index is 5.43. The van der Waals surface area contributed by atoms with Gasteiger partial charge >= 0.3 is 0 Å². The Morgan fingerprint density at radius 2 is 0.844 bits per heavy atom. The van der Waals surface area contributed by atoms with Crippen molar-refractivity contribution in [3.8, 4) is 22.6 Å². The molecule has 4 heteroatoms. The third-order valence-corrected chi connectivity index (χ3v) is 8.08. The van der Waals surface area contributed by atoms with Crippen molar-refractivity contribution in [2.24, 2.45) is 0 Å². The average molecular weight is 591 g/mol. The van der Waals surface area contributed by atoms with Crippen LogP contribution < -0.4 is 19.3 Å². The van der Waals surface area contributed by atoms with Crippen LogP contribution in [0.25, 0.3) is 11.1 Å². The van der Waals surface area contributed by atoms with E-state index in [0.29, 0.717) is 0 Å². The molecule has 0 bridgehead atoms. The molecule has 0 atom stereocenters. The topological polar surface area (TPSA) is 24.9 Å². The summed E-state index contributed by atoms with van der Waals surface area (Å²) in [5.74, 6) is 1.68. The lowest BCUT2D eigenvalue weighted by Crippen LogP contribution is -2.11. The minimum Gasteiger partial charge on any atom is -0.497 e. The van der Waals surface area contributed by atoms with E-state index >= 15 is 0 Å². The fraction of sp³-hybridized carbons (Fsp3) is 0.122. The Kier molecular flexibility index (Phi) is 8.56. The van der Waals surface area contributed by atoms with Gasteiger partial charge in [0, 0.05) is 34.1 Å². The Labute approximate surface area is 266 Å². The summed E-state index contributed by atoms with van der Waals surface area (Å²) in [5.41, 5.74) is 12.6. The van der Waals surface area contributed by atoms with E-state index in [1.54, 1.807) is 14.2 Å². The Morgan fingerprint density at radius 1 is 0.400 bits per heavy atom. The first-order chi connectivity index (χ1) is 21.9. The molecule has 0 amide bonds. The van der Waals surface area contributed by atoms with Gasteiger partial charge in [-0.2, -0.15) is 0 Å². The lowest BCUT2D eigenvalue weighted by atomic mass is 10.0. The Morgan fingerprint density at radius 3 is 1.31 bits per heavy atom. The second kappa shape index (κ2) is 13.0. The number of nitrogens with zero attached hydrogens (tertiary/aromatic N) is 2. The summed E-state index contributed by atoms with van der Waals surface area (Å²) in [4.78, 5) is 4.59. The fourth-order valence-electron chi connectivity index (χ4n) is 5.76. The molecule has 6 aromatic rings. The lowest BCUT2D eigenvalue weighted by Gasteiger charge is -2.28. The van der Waals surface area contributed by atoms with Crippen molar-refractivity contribution < 1.29 is 9.47 Å². The lowest BCUT2D eigenvalue weighted by molar-refractivity contribution is 0.414. The number of anilines is 6. The van der Waals surface area contributed by atoms with E-state index in [0.717, 1.165) is 45.6 Å². The van der Waals surface area contributed by atoms with Crippen LogP contribution in [0.15, 0.2) is 140 Å².